The summed E-state index contributed by atoms with van der Waals surface area (Å²) in [6.45, 7) is 16.3. The normalized spacial score (nSPS) is 30.0. The molecule has 20 heavy (non-hydrogen) atoms. The first-order valence-corrected chi connectivity index (χ1v) is 7.56. The molecule has 1 heterocycles. The molecule has 1 saturated heterocycles. The van der Waals surface area contributed by atoms with Gasteiger partial charge in [0.1, 0.15) is 0 Å². The quantitative estimate of drug-likeness (QED) is 0.612. The van der Waals surface area contributed by atoms with Crippen LogP contribution < -0.4 is 0 Å². The van der Waals surface area contributed by atoms with Gasteiger partial charge in [0.15, 0.2) is 0 Å². The molecule has 0 amide bonds. The van der Waals surface area contributed by atoms with Gasteiger partial charge in [0, 0.05) is 0 Å². The van der Waals surface area contributed by atoms with E-state index in [9.17, 15) is 0 Å². The Morgan fingerprint density at radius 2 is 0.550 bits per heavy atom. The third-order valence-electron chi connectivity index (χ3n) is 3.64. The molecule has 0 spiro atoms. The molecule has 0 aromatic heterocycles. The fraction of sp³-hybridized carbons (Fsp3) is 1.00. The van der Waals surface area contributed by atoms with Crippen molar-refractivity contribution in [3.63, 3.8) is 0 Å². The van der Waals surface area contributed by atoms with Crippen LogP contribution in [0.4, 0.5) is 0 Å². The first-order chi connectivity index (χ1) is 8.83. The zero-order valence-electron chi connectivity index (χ0n) is 14.5. The van der Waals surface area contributed by atoms with Crippen molar-refractivity contribution in [2.45, 2.75) is 103 Å². The molecule has 0 bridgehead atoms. The molecule has 0 aliphatic carbocycles. The van der Waals surface area contributed by atoms with Gasteiger partial charge in [-0.2, -0.15) is 0 Å². The minimum Gasteiger partial charge on any atom is -0.230 e. The van der Waals surface area contributed by atoms with Gasteiger partial charge in [-0.05, 0) is 81.1 Å². The highest BCUT2D eigenvalue weighted by Crippen LogP contribution is 2.32. The predicted molar refractivity (Wildman–Crippen MR) is 79.1 cm³/mol. The van der Waals surface area contributed by atoms with E-state index in [1.807, 2.05) is 55.4 Å². The summed E-state index contributed by atoms with van der Waals surface area (Å²) in [6.07, 6.45) is 3.33. The molecule has 1 rings (SSSR count). The van der Waals surface area contributed by atoms with E-state index in [4.69, 9.17) is 19.6 Å². The molecule has 120 valence electrons. The van der Waals surface area contributed by atoms with Crippen molar-refractivity contribution in [1.29, 1.82) is 0 Å². The monoisotopic (exact) mass is 288 g/mol. The lowest BCUT2D eigenvalue weighted by atomic mass is 9.93. The maximum absolute atomic E-state index is 5.68. The Hall–Kier alpha value is -0.160. The topological polar surface area (TPSA) is 36.9 Å². The highest BCUT2D eigenvalue weighted by atomic mass is 17.2. The van der Waals surface area contributed by atoms with Gasteiger partial charge in [0.25, 0.3) is 0 Å². The van der Waals surface area contributed by atoms with Crippen molar-refractivity contribution >= 4 is 0 Å². The van der Waals surface area contributed by atoms with Crippen LogP contribution in [-0.2, 0) is 19.6 Å². The SMILES string of the molecule is CC1(C)CCC(C)(C)OOC(C)(C)CCC(C)(C)OO1. The molecule has 1 aliphatic heterocycles. The molecule has 0 N–H and O–H groups in total. The summed E-state index contributed by atoms with van der Waals surface area (Å²) in [5.41, 5.74) is -1.36. The summed E-state index contributed by atoms with van der Waals surface area (Å²) >= 11 is 0. The maximum atomic E-state index is 5.68. The van der Waals surface area contributed by atoms with E-state index in [-0.39, 0.29) is 22.4 Å². The number of hydrogen-bond donors (Lipinski definition) is 0. The second-order valence-electron chi connectivity index (χ2n) is 8.37. The molecular formula is C16H32O4. The summed E-state index contributed by atoms with van der Waals surface area (Å²) in [6, 6.07) is 0. The Bertz CT molecular complexity index is 230. The van der Waals surface area contributed by atoms with Crippen LogP contribution in [0.3, 0.4) is 0 Å². The zero-order valence-corrected chi connectivity index (χ0v) is 14.5. The summed E-state index contributed by atoms with van der Waals surface area (Å²) in [5, 5.41) is 0. The van der Waals surface area contributed by atoms with Crippen molar-refractivity contribution < 1.29 is 19.6 Å². The van der Waals surface area contributed by atoms with Gasteiger partial charge in [-0.1, -0.05) is 0 Å². The van der Waals surface area contributed by atoms with E-state index in [2.05, 4.69) is 0 Å². The summed E-state index contributed by atoms with van der Waals surface area (Å²) < 4.78 is 0. The first-order valence-electron chi connectivity index (χ1n) is 7.56. The van der Waals surface area contributed by atoms with E-state index >= 15 is 0 Å². The predicted octanol–water partition coefficient (Wildman–Crippen LogP) is 4.57. The summed E-state index contributed by atoms with van der Waals surface area (Å²) in [7, 11) is 0. The van der Waals surface area contributed by atoms with Crippen molar-refractivity contribution in [3.8, 4) is 0 Å². The van der Waals surface area contributed by atoms with Crippen LogP contribution in [0.25, 0.3) is 0 Å². The van der Waals surface area contributed by atoms with E-state index in [1.165, 1.54) is 0 Å². The Morgan fingerprint density at radius 3 is 0.700 bits per heavy atom. The smallest absolute Gasteiger partial charge is 0.0981 e. The molecule has 1 aliphatic rings. The van der Waals surface area contributed by atoms with Crippen LogP contribution in [0.1, 0.15) is 81.1 Å². The van der Waals surface area contributed by atoms with Gasteiger partial charge < -0.3 is 0 Å². The van der Waals surface area contributed by atoms with Crippen LogP contribution in [0, 0.1) is 0 Å². The van der Waals surface area contributed by atoms with Crippen molar-refractivity contribution in [3.05, 3.63) is 0 Å². The lowest BCUT2D eigenvalue weighted by Crippen LogP contribution is -2.39. The summed E-state index contributed by atoms with van der Waals surface area (Å²) in [4.78, 5) is 22.7. The minimum atomic E-state index is -0.341. The highest BCUT2D eigenvalue weighted by Gasteiger charge is 2.34. The Balaban J connectivity index is 2.81. The Labute approximate surface area is 124 Å². The average Bonchev–Trinajstić information content (AvgIpc) is 2.30. The molecule has 0 radical (unpaired) electrons. The maximum Gasteiger partial charge on any atom is 0.0981 e. The molecule has 0 aromatic rings. The van der Waals surface area contributed by atoms with Gasteiger partial charge in [-0.25, -0.2) is 19.6 Å². The van der Waals surface area contributed by atoms with E-state index in [0.717, 1.165) is 25.7 Å². The Morgan fingerprint density at radius 1 is 0.400 bits per heavy atom. The molecule has 0 atom stereocenters. The molecule has 4 heteroatoms. The largest absolute Gasteiger partial charge is 0.230 e. The molecule has 0 aromatic carbocycles. The van der Waals surface area contributed by atoms with Gasteiger partial charge in [-0.15, -0.1) is 0 Å². The van der Waals surface area contributed by atoms with Gasteiger partial charge >= 0.3 is 0 Å². The average molecular weight is 288 g/mol. The fourth-order valence-electron chi connectivity index (χ4n) is 1.82. The zero-order chi connectivity index (χ0) is 15.7. The van der Waals surface area contributed by atoms with Crippen LogP contribution in [-0.4, -0.2) is 22.4 Å². The molecular weight excluding hydrogens is 256 g/mol. The van der Waals surface area contributed by atoms with Crippen LogP contribution in [0.5, 0.6) is 0 Å². The van der Waals surface area contributed by atoms with Gasteiger partial charge in [-0.3, -0.25) is 0 Å². The number of rotatable bonds is 0. The lowest BCUT2D eigenvalue weighted by molar-refractivity contribution is -0.425. The van der Waals surface area contributed by atoms with Gasteiger partial charge in [0.05, 0.1) is 22.4 Å². The van der Waals surface area contributed by atoms with E-state index in [0.29, 0.717) is 0 Å². The minimum absolute atomic E-state index is 0.341. The molecule has 1 fully saturated rings. The Kier molecular flexibility index (Phi) is 5.29. The molecule has 4 nitrogen and oxygen atoms in total. The first kappa shape index (κ1) is 17.9. The third-order valence-corrected chi connectivity index (χ3v) is 3.64. The molecule has 0 unspecified atom stereocenters. The fourth-order valence-corrected chi connectivity index (χ4v) is 1.82. The number of hydrogen-bond acceptors (Lipinski definition) is 4. The lowest BCUT2D eigenvalue weighted by Gasteiger charge is -2.37. The molecule has 0 saturated carbocycles. The van der Waals surface area contributed by atoms with Crippen molar-refractivity contribution in [2.24, 2.45) is 0 Å². The van der Waals surface area contributed by atoms with Gasteiger partial charge in [0.2, 0.25) is 0 Å². The van der Waals surface area contributed by atoms with Crippen LogP contribution >= 0.6 is 0 Å². The van der Waals surface area contributed by atoms with E-state index < -0.39 is 0 Å². The van der Waals surface area contributed by atoms with Crippen LogP contribution in [0.15, 0.2) is 0 Å². The standard InChI is InChI=1S/C16H32O4/c1-13(2)9-10-14(3,4)19-20-16(7,8)12-11-15(5,6)18-17-13/h9-12H2,1-8H3. The third kappa shape index (κ3) is 6.53. The highest BCUT2D eigenvalue weighted by molar-refractivity contribution is 4.79. The summed E-state index contributed by atoms with van der Waals surface area (Å²) in [5.74, 6) is 0. The van der Waals surface area contributed by atoms with Crippen molar-refractivity contribution in [2.75, 3.05) is 0 Å². The second-order valence-corrected chi connectivity index (χ2v) is 8.37. The van der Waals surface area contributed by atoms with E-state index in [1.54, 1.807) is 0 Å². The van der Waals surface area contributed by atoms with Crippen LogP contribution in [0.2, 0.25) is 0 Å². The van der Waals surface area contributed by atoms with Crippen molar-refractivity contribution in [1.82, 2.24) is 0 Å². The second kappa shape index (κ2) is 5.91.